The van der Waals surface area contributed by atoms with E-state index < -0.39 is 6.10 Å². The van der Waals surface area contributed by atoms with Crippen LogP contribution in [-0.4, -0.2) is 70.4 Å². The summed E-state index contributed by atoms with van der Waals surface area (Å²) in [5.41, 5.74) is 4.41. The van der Waals surface area contributed by atoms with Gasteiger partial charge in [0.25, 0.3) is 0 Å². The topological polar surface area (TPSA) is 81.7 Å². The lowest BCUT2D eigenvalue weighted by Gasteiger charge is -2.36. The van der Waals surface area contributed by atoms with Crippen LogP contribution in [0.3, 0.4) is 0 Å². The number of anilines is 1. The number of hydrogen-bond acceptors (Lipinski definition) is 8. The van der Waals surface area contributed by atoms with E-state index in [0.29, 0.717) is 26.3 Å². The van der Waals surface area contributed by atoms with Gasteiger partial charge >= 0.3 is 0 Å². The minimum atomic E-state index is -0.546. The fourth-order valence-corrected chi connectivity index (χ4v) is 5.84. The maximum atomic E-state index is 11.0. The standard InChI is InChI=1S/C32H38N2O6/c1-36-14-2-12-34-13-16-38-30-9-3-22(17-27(30)34)21-39-31-20-33-19-28(35)32(31)23-4-6-25(7-5-23)40-26-8-10-29-24(18-26)11-15-37-29/h3-10,17-18,28,31-33,35H,2,11-16,19-21H2,1H3/t28-,31+,32+/m1/s1. The van der Waals surface area contributed by atoms with Crippen molar-refractivity contribution in [1.82, 2.24) is 5.32 Å². The zero-order valence-corrected chi connectivity index (χ0v) is 23.0. The van der Waals surface area contributed by atoms with Gasteiger partial charge in [-0.15, -0.1) is 0 Å². The molecule has 212 valence electrons. The lowest BCUT2D eigenvalue weighted by atomic mass is 9.85. The van der Waals surface area contributed by atoms with Gasteiger partial charge in [-0.1, -0.05) is 18.2 Å². The number of β-amino-alcohol motifs (C(OH)–C–C–N with tert-alkyl or cyclic N) is 1. The number of piperidine rings is 1. The molecule has 3 atom stereocenters. The molecule has 6 rings (SSSR count). The van der Waals surface area contributed by atoms with Crippen molar-refractivity contribution in [2.75, 3.05) is 58.0 Å². The number of ether oxygens (including phenoxy) is 5. The molecule has 3 heterocycles. The Kier molecular flexibility index (Phi) is 8.39. The van der Waals surface area contributed by atoms with E-state index in [0.717, 1.165) is 79.0 Å². The van der Waals surface area contributed by atoms with Gasteiger partial charge in [0.15, 0.2) is 0 Å². The van der Waals surface area contributed by atoms with Crippen LogP contribution in [0.25, 0.3) is 0 Å². The highest BCUT2D eigenvalue weighted by molar-refractivity contribution is 5.61. The second-order valence-corrected chi connectivity index (χ2v) is 10.6. The molecule has 0 unspecified atom stereocenters. The molecule has 1 saturated heterocycles. The van der Waals surface area contributed by atoms with E-state index in [1.165, 1.54) is 5.56 Å². The van der Waals surface area contributed by atoms with Crippen LogP contribution in [0.15, 0.2) is 60.7 Å². The van der Waals surface area contributed by atoms with Gasteiger partial charge in [0.05, 0.1) is 37.7 Å². The highest BCUT2D eigenvalue weighted by atomic mass is 16.5. The summed E-state index contributed by atoms with van der Waals surface area (Å²) in [5, 5.41) is 14.3. The number of benzene rings is 3. The maximum Gasteiger partial charge on any atom is 0.142 e. The smallest absolute Gasteiger partial charge is 0.142 e. The van der Waals surface area contributed by atoms with Gasteiger partial charge < -0.3 is 39.0 Å². The first-order valence-corrected chi connectivity index (χ1v) is 14.2. The Morgan fingerprint density at radius 1 is 0.950 bits per heavy atom. The molecule has 0 aromatic heterocycles. The average Bonchev–Trinajstić information content (AvgIpc) is 3.45. The summed E-state index contributed by atoms with van der Waals surface area (Å²) < 4.78 is 29.3. The molecular weight excluding hydrogens is 508 g/mol. The Bertz CT molecular complexity index is 1280. The molecule has 8 heteroatoms. The van der Waals surface area contributed by atoms with Gasteiger partial charge in [-0.2, -0.15) is 0 Å². The first kappa shape index (κ1) is 26.9. The van der Waals surface area contributed by atoms with Gasteiger partial charge in [0.1, 0.15) is 29.6 Å². The van der Waals surface area contributed by atoms with Crippen molar-refractivity contribution in [3.63, 3.8) is 0 Å². The molecule has 3 aliphatic heterocycles. The van der Waals surface area contributed by atoms with Gasteiger partial charge in [-0.25, -0.2) is 0 Å². The van der Waals surface area contributed by atoms with Crippen LogP contribution in [0.2, 0.25) is 0 Å². The number of nitrogens with zero attached hydrogens (tertiary/aromatic N) is 1. The highest BCUT2D eigenvalue weighted by Gasteiger charge is 2.34. The summed E-state index contributed by atoms with van der Waals surface area (Å²) in [6, 6.07) is 20.2. The number of aliphatic hydroxyl groups excluding tert-OH is 1. The third kappa shape index (κ3) is 6.05. The first-order chi connectivity index (χ1) is 19.7. The van der Waals surface area contributed by atoms with Crippen molar-refractivity contribution >= 4 is 5.69 Å². The fourth-order valence-electron chi connectivity index (χ4n) is 5.84. The summed E-state index contributed by atoms with van der Waals surface area (Å²) in [4.78, 5) is 2.36. The van der Waals surface area contributed by atoms with E-state index in [-0.39, 0.29) is 12.0 Å². The molecule has 0 radical (unpaired) electrons. The number of nitrogens with one attached hydrogen (secondary N) is 1. The van der Waals surface area contributed by atoms with Crippen LogP contribution in [0, 0.1) is 0 Å². The number of fused-ring (bicyclic) bond motifs is 2. The Morgan fingerprint density at radius 2 is 1.77 bits per heavy atom. The second-order valence-electron chi connectivity index (χ2n) is 10.6. The van der Waals surface area contributed by atoms with Crippen LogP contribution in [-0.2, 0) is 22.5 Å². The van der Waals surface area contributed by atoms with E-state index in [2.05, 4.69) is 22.3 Å². The molecule has 40 heavy (non-hydrogen) atoms. The van der Waals surface area contributed by atoms with Crippen LogP contribution < -0.4 is 24.4 Å². The third-order valence-electron chi connectivity index (χ3n) is 7.90. The van der Waals surface area contributed by atoms with E-state index in [1.54, 1.807) is 7.11 Å². The minimum Gasteiger partial charge on any atom is -0.493 e. The van der Waals surface area contributed by atoms with Gasteiger partial charge in [-0.05, 0) is 60.0 Å². The Morgan fingerprint density at radius 3 is 2.65 bits per heavy atom. The third-order valence-corrected chi connectivity index (χ3v) is 7.90. The summed E-state index contributed by atoms with van der Waals surface area (Å²) in [7, 11) is 1.74. The fraction of sp³-hybridized carbons (Fsp3) is 0.438. The molecule has 3 aromatic carbocycles. The van der Waals surface area contributed by atoms with Crippen molar-refractivity contribution in [1.29, 1.82) is 0 Å². The van der Waals surface area contributed by atoms with Crippen molar-refractivity contribution in [3.8, 4) is 23.0 Å². The largest absolute Gasteiger partial charge is 0.493 e. The second kappa shape index (κ2) is 12.5. The van der Waals surface area contributed by atoms with Crippen LogP contribution >= 0.6 is 0 Å². The van der Waals surface area contributed by atoms with Crippen LogP contribution in [0.4, 0.5) is 5.69 Å². The molecule has 2 N–H and O–H groups in total. The van der Waals surface area contributed by atoms with Gasteiger partial charge in [-0.3, -0.25) is 0 Å². The summed E-state index contributed by atoms with van der Waals surface area (Å²) in [5.74, 6) is 3.27. The van der Waals surface area contributed by atoms with Crippen molar-refractivity contribution < 1.29 is 28.8 Å². The van der Waals surface area contributed by atoms with Crippen molar-refractivity contribution in [3.05, 3.63) is 77.4 Å². The zero-order chi connectivity index (χ0) is 27.3. The van der Waals surface area contributed by atoms with Gasteiger partial charge in [0.2, 0.25) is 0 Å². The molecule has 0 bridgehead atoms. The zero-order valence-electron chi connectivity index (χ0n) is 23.0. The molecule has 1 fully saturated rings. The van der Waals surface area contributed by atoms with E-state index in [4.69, 9.17) is 23.7 Å². The lowest BCUT2D eigenvalue weighted by Crippen LogP contribution is -2.49. The number of rotatable bonds is 10. The Labute approximate surface area is 235 Å². The molecule has 0 spiro atoms. The molecule has 8 nitrogen and oxygen atoms in total. The molecule has 0 saturated carbocycles. The molecule has 0 amide bonds. The average molecular weight is 547 g/mol. The quantitative estimate of drug-likeness (QED) is 0.365. The summed E-state index contributed by atoms with van der Waals surface area (Å²) in [6.07, 6.45) is 1.16. The predicted molar refractivity (Wildman–Crippen MR) is 153 cm³/mol. The Balaban J connectivity index is 1.11. The van der Waals surface area contributed by atoms with E-state index in [1.807, 2.05) is 48.5 Å². The van der Waals surface area contributed by atoms with Crippen LogP contribution in [0.1, 0.15) is 29.0 Å². The number of hydrogen-bond donors (Lipinski definition) is 2. The minimum absolute atomic E-state index is 0.140. The predicted octanol–water partition coefficient (Wildman–Crippen LogP) is 4.28. The maximum absolute atomic E-state index is 11.0. The van der Waals surface area contributed by atoms with Crippen LogP contribution in [0.5, 0.6) is 23.0 Å². The Hall–Kier alpha value is -3.30. The SMILES string of the molecule is COCCCN1CCOc2ccc(CO[C@H]3CNC[C@@H](O)[C@@H]3c3ccc(Oc4ccc5c(c4)CCO5)cc3)cc21. The monoisotopic (exact) mass is 546 g/mol. The molecule has 3 aliphatic rings. The summed E-state index contributed by atoms with van der Waals surface area (Å²) >= 11 is 0. The van der Waals surface area contributed by atoms with E-state index in [9.17, 15) is 5.11 Å². The number of methoxy groups -OCH3 is 1. The number of aliphatic hydroxyl groups is 1. The first-order valence-electron chi connectivity index (χ1n) is 14.2. The van der Waals surface area contributed by atoms with E-state index >= 15 is 0 Å². The normalized spacial score (nSPS) is 21.8. The molecule has 0 aliphatic carbocycles. The van der Waals surface area contributed by atoms with Crippen molar-refractivity contribution in [2.24, 2.45) is 0 Å². The molecule has 3 aromatic rings. The lowest BCUT2D eigenvalue weighted by molar-refractivity contribution is -0.0328. The summed E-state index contributed by atoms with van der Waals surface area (Å²) in [6.45, 7) is 5.61. The van der Waals surface area contributed by atoms with Gasteiger partial charge in [0, 0.05) is 51.3 Å². The molecular formula is C32H38N2O6. The van der Waals surface area contributed by atoms with Crippen molar-refractivity contribution in [2.45, 2.75) is 37.6 Å². The highest BCUT2D eigenvalue weighted by Crippen LogP contribution is 2.35.